The van der Waals surface area contributed by atoms with Crippen molar-refractivity contribution < 1.29 is 14.3 Å². The van der Waals surface area contributed by atoms with Crippen LogP contribution in [-0.4, -0.2) is 34.0 Å². The molecule has 1 amide bonds. The van der Waals surface area contributed by atoms with Gasteiger partial charge in [0.25, 0.3) is 0 Å². The Labute approximate surface area is 192 Å². The summed E-state index contributed by atoms with van der Waals surface area (Å²) in [4.78, 5) is 19.2. The third kappa shape index (κ3) is 4.41. The van der Waals surface area contributed by atoms with E-state index in [-0.39, 0.29) is 5.91 Å². The van der Waals surface area contributed by atoms with Gasteiger partial charge in [-0.15, -0.1) is 10.2 Å². The number of nitrogens with zero attached hydrogens (tertiary/aromatic N) is 4. The lowest BCUT2D eigenvalue weighted by atomic mass is 10.1. The summed E-state index contributed by atoms with van der Waals surface area (Å²) in [6.07, 6.45) is 2.65. The van der Waals surface area contributed by atoms with Crippen molar-refractivity contribution in [2.75, 3.05) is 17.8 Å². The maximum Gasteiger partial charge on any atom is 0.247 e. The molecule has 4 rings (SSSR count). The van der Waals surface area contributed by atoms with Gasteiger partial charge in [-0.25, -0.2) is 0 Å². The highest BCUT2D eigenvalue weighted by atomic mass is 32.2. The zero-order valence-corrected chi connectivity index (χ0v) is 19.3. The number of carbonyl (C=O) groups is 1. The normalized spacial score (nSPS) is 14.7. The first-order valence-electron chi connectivity index (χ1n) is 10.7. The van der Waals surface area contributed by atoms with Crippen molar-refractivity contribution in [1.29, 1.82) is 0 Å². The van der Waals surface area contributed by atoms with E-state index < -0.39 is 6.23 Å². The Morgan fingerprint density at radius 1 is 1.12 bits per heavy atom. The molecule has 0 saturated heterocycles. The Bertz CT molecular complexity index is 1110. The summed E-state index contributed by atoms with van der Waals surface area (Å²) in [5.74, 6) is 1.73. The van der Waals surface area contributed by atoms with Crippen molar-refractivity contribution in [1.82, 2.24) is 15.2 Å². The molecule has 3 aromatic rings. The number of rotatable bonds is 7. The summed E-state index contributed by atoms with van der Waals surface area (Å²) in [6, 6.07) is 15.1. The van der Waals surface area contributed by atoms with Gasteiger partial charge in [-0.2, -0.15) is 4.98 Å². The standard InChI is InChI=1S/C24H26N4O3S/c1-4-5-10-15-32-24-25-22-21(26-27-24)17-11-6-8-13-19(17)28(16(2)29)23(31-22)18-12-7-9-14-20(18)30-3/h6-9,11-14,23H,4-5,10,15H2,1-3H3. The van der Waals surface area contributed by atoms with E-state index in [1.807, 2.05) is 48.5 Å². The Morgan fingerprint density at radius 2 is 1.91 bits per heavy atom. The molecule has 0 radical (unpaired) electrons. The van der Waals surface area contributed by atoms with Crippen LogP contribution in [0.3, 0.4) is 0 Å². The van der Waals surface area contributed by atoms with E-state index in [0.29, 0.717) is 28.2 Å². The lowest BCUT2D eigenvalue weighted by Crippen LogP contribution is -2.36. The zero-order chi connectivity index (χ0) is 22.5. The Kier molecular flexibility index (Phi) is 6.90. The number of fused-ring (bicyclic) bond motifs is 3. The summed E-state index contributed by atoms with van der Waals surface area (Å²) >= 11 is 1.56. The smallest absolute Gasteiger partial charge is 0.247 e. The molecule has 0 bridgehead atoms. The maximum absolute atomic E-state index is 12.9. The van der Waals surface area contributed by atoms with Crippen LogP contribution in [0.5, 0.6) is 11.6 Å². The van der Waals surface area contributed by atoms with E-state index in [1.165, 1.54) is 13.3 Å². The number of hydrogen-bond acceptors (Lipinski definition) is 7. The number of carbonyl (C=O) groups excluding carboxylic acids is 1. The van der Waals surface area contributed by atoms with Crippen molar-refractivity contribution in [2.45, 2.75) is 44.5 Å². The van der Waals surface area contributed by atoms with Gasteiger partial charge in [-0.3, -0.25) is 9.69 Å². The van der Waals surface area contributed by atoms with Gasteiger partial charge in [0.1, 0.15) is 5.75 Å². The molecule has 166 valence electrons. The molecule has 1 aromatic heterocycles. The monoisotopic (exact) mass is 450 g/mol. The van der Waals surface area contributed by atoms with E-state index in [0.717, 1.165) is 29.7 Å². The SMILES string of the molecule is CCCCCSc1nnc2c(n1)OC(c1ccccc1OC)N(C(C)=O)c1ccccc1-2. The minimum atomic E-state index is -0.763. The number of hydrogen-bond donors (Lipinski definition) is 0. The molecule has 0 N–H and O–H groups in total. The van der Waals surface area contributed by atoms with Crippen molar-refractivity contribution in [3.8, 4) is 22.9 Å². The lowest BCUT2D eigenvalue weighted by molar-refractivity contribution is -0.118. The van der Waals surface area contributed by atoms with E-state index in [4.69, 9.17) is 9.47 Å². The molecule has 1 aliphatic heterocycles. The summed E-state index contributed by atoms with van der Waals surface area (Å²) in [5, 5.41) is 9.34. The first-order valence-corrected chi connectivity index (χ1v) is 11.7. The third-order valence-corrected chi connectivity index (χ3v) is 6.16. The number of ether oxygens (including phenoxy) is 2. The highest BCUT2D eigenvalue weighted by molar-refractivity contribution is 7.99. The molecule has 7 nitrogen and oxygen atoms in total. The summed E-state index contributed by atoms with van der Waals surface area (Å²) < 4.78 is 12.0. The Morgan fingerprint density at radius 3 is 2.69 bits per heavy atom. The second-order valence-electron chi connectivity index (χ2n) is 7.42. The van der Waals surface area contributed by atoms with E-state index >= 15 is 0 Å². The van der Waals surface area contributed by atoms with Gasteiger partial charge >= 0.3 is 0 Å². The second kappa shape index (κ2) is 9.99. The molecule has 2 heterocycles. The Hall–Kier alpha value is -3.13. The molecule has 0 spiro atoms. The van der Waals surface area contributed by atoms with Gasteiger partial charge in [0.05, 0.1) is 18.4 Å². The number of amides is 1. The highest BCUT2D eigenvalue weighted by Gasteiger charge is 2.35. The topological polar surface area (TPSA) is 77.4 Å². The summed E-state index contributed by atoms with van der Waals surface area (Å²) in [6.45, 7) is 3.70. The van der Waals surface area contributed by atoms with Crippen LogP contribution in [0, 0.1) is 0 Å². The zero-order valence-electron chi connectivity index (χ0n) is 18.4. The molecular weight excluding hydrogens is 424 g/mol. The number of benzene rings is 2. The molecule has 0 fully saturated rings. The maximum atomic E-state index is 12.9. The van der Waals surface area contributed by atoms with E-state index in [9.17, 15) is 4.79 Å². The quantitative estimate of drug-likeness (QED) is 0.358. The van der Waals surface area contributed by atoms with Gasteiger partial charge in [-0.1, -0.05) is 61.9 Å². The largest absolute Gasteiger partial charge is 0.496 e. The van der Waals surface area contributed by atoms with Crippen LogP contribution in [0.2, 0.25) is 0 Å². The number of aromatic nitrogens is 3. The van der Waals surface area contributed by atoms with Crippen LogP contribution < -0.4 is 14.4 Å². The van der Waals surface area contributed by atoms with Crippen LogP contribution in [0.25, 0.3) is 11.3 Å². The molecule has 1 aliphatic rings. The summed E-state index contributed by atoms with van der Waals surface area (Å²) in [5.41, 5.74) is 2.68. The fraction of sp³-hybridized carbons (Fsp3) is 0.333. The van der Waals surface area contributed by atoms with Crippen molar-refractivity contribution in [2.24, 2.45) is 0 Å². The van der Waals surface area contributed by atoms with Gasteiger partial charge in [-0.05, 0) is 24.6 Å². The minimum absolute atomic E-state index is 0.164. The molecule has 0 saturated carbocycles. The number of unbranched alkanes of at least 4 members (excludes halogenated alkanes) is 2. The number of para-hydroxylation sites is 2. The van der Waals surface area contributed by atoms with E-state index in [2.05, 4.69) is 22.1 Å². The van der Waals surface area contributed by atoms with Crippen molar-refractivity contribution in [3.05, 3.63) is 54.1 Å². The molecule has 2 aromatic carbocycles. The molecular formula is C24H26N4O3S. The van der Waals surface area contributed by atoms with Gasteiger partial charge in [0.2, 0.25) is 23.2 Å². The Balaban J connectivity index is 1.83. The predicted octanol–water partition coefficient (Wildman–Crippen LogP) is 5.27. The van der Waals surface area contributed by atoms with Crippen molar-refractivity contribution >= 4 is 23.4 Å². The first kappa shape index (κ1) is 22.1. The predicted molar refractivity (Wildman–Crippen MR) is 125 cm³/mol. The molecule has 0 aliphatic carbocycles. The molecule has 1 atom stereocenters. The lowest BCUT2D eigenvalue weighted by Gasteiger charge is -2.30. The van der Waals surface area contributed by atoms with Crippen molar-refractivity contribution in [3.63, 3.8) is 0 Å². The van der Waals surface area contributed by atoms with Crippen LogP contribution in [-0.2, 0) is 4.79 Å². The first-order chi connectivity index (χ1) is 15.6. The molecule has 1 unspecified atom stereocenters. The van der Waals surface area contributed by atoms with Gasteiger partial charge in [0.15, 0.2) is 5.69 Å². The third-order valence-electron chi connectivity index (χ3n) is 5.24. The highest BCUT2D eigenvalue weighted by Crippen LogP contribution is 2.44. The van der Waals surface area contributed by atoms with Gasteiger partial charge < -0.3 is 9.47 Å². The second-order valence-corrected chi connectivity index (χ2v) is 8.48. The van der Waals surface area contributed by atoms with E-state index in [1.54, 1.807) is 23.8 Å². The average molecular weight is 451 g/mol. The van der Waals surface area contributed by atoms with Gasteiger partial charge in [0, 0.05) is 18.2 Å². The van der Waals surface area contributed by atoms with Crippen LogP contribution in [0.15, 0.2) is 53.7 Å². The fourth-order valence-corrected chi connectivity index (χ4v) is 4.48. The van der Waals surface area contributed by atoms with Crippen LogP contribution >= 0.6 is 11.8 Å². The van der Waals surface area contributed by atoms with Crippen LogP contribution in [0.4, 0.5) is 5.69 Å². The fourth-order valence-electron chi connectivity index (χ4n) is 3.70. The molecule has 8 heteroatoms. The number of thioether (sulfide) groups is 1. The minimum Gasteiger partial charge on any atom is -0.496 e. The summed E-state index contributed by atoms with van der Waals surface area (Å²) in [7, 11) is 1.60. The molecule has 32 heavy (non-hydrogen) atoms. The average Bonchev–Trinajstić information content (AvgIpc) is 2.96. The number of methoxy groups -OCH3 is 1. The van der Waals surface area contributed by atoms with Crippen LogP contribution in [0.1, 0.15) is 44.9 Å². The number of anilines is 1.